The lowest BCUT2D eigenvalue weighted by Crippen LogP contribution is -2.13. The van der Waals surface area contributed by atoms with Gasteiger partial charge in [-0.3, -0.25) is 10.1 Å². The van der Waals surface area contributed by atoms with Crippen LogP contribution in [0, 0.1) is 0 Å². The molecule has 0 fully saturated rings. The number of amides is 1. The van der Waals surface area contributed by atoms with Gasteiger partial charge in [-0.1, -0.05) is 13.8 Å². The maximum Gasteiger partial charge on any atom is 0.258 e. The molecule has 1 heterocycles. The molecule has 2 rings (SSSR count). The van der Waals surface area contributed by atoms with Crippen molar-refractivity contribution in [1.82, 2.24) is 15.2 Å². The number of carbonyl (C=O) groups excluding carboxylic acids is 1. The van der Waals surface area contributed by atoms with Crippen LogP contribution in [0.15, 0.2) is 24.5 Å². The first-order valence-electron chi connectivity index (χ1n) is 7.31. The van der Waals surface area contributed by atoms with Crippen molar-refractivity contribution in [2.45, 2.75) is 26.7 Å². The Morgan fingerprint density at radius 1 is 1.18 bits per heavy atom. The number of anilines is 1. The van der Waals surface area contributed by atoms with E-state index in [0.29, 0.717) is 36.2 Å². The summed E-state index contributed by atoms with van der Waals surface area (Å²) < 4.78 is 11.3. The molecule has 22 heavy (non-hydrogen) atoms. The number of rotatable bonds is 8. The van der Waals surface area contributed by atoms with Gasteiger partial charge in [0.2, 0.25) is 5.95 Å². The first-order chi connectivity index (χ1) is 10.7. The highest BCUT2D eigenvalue weighted by atomic mass is 16.5. The van der Waals surface area contributed by atoms with E-state index in [-0.39, 0.29) is 5.91 Å². The first kappa shape index (κ1) is 15.8. The molecule has 0 bridgehead atoms. The van der Waals surface area contributed by atoms with Gasteiger partial charge in [0.25, 0.3) is 5.91 Å². The molecule has 0 aliphatic heterocycles. The zero-order valence-corrected chi connectivity index (χ0v) is 12.8. The SMILES string of the molecule is CCCOc1ccc(C(=O)Nc2ncn[nH]2)cc1OCCC. The lowest BCUT2D eigenvalue weighted by molar-refractivity contribution is 0.102. The van der Waals surface area contributed by atoms with Crippen molar-refractivity contribution >= 4 is 11.9 Å². The second-order valence-electron chi connectivity index (χ2n) is 4.65. The van der Waals surface area contributed by atoms with E-state index >= 15 is 0 Å². The number of nitrogens with zero attached hydrogens (tertiary/aromatic N) is 2. The van der Waals surface area contributed by atoms with E-state index in [1.54, 1.807) is 18.2 Å². The Kier molecular flexibility index (Phi) is 5.76. The van der Waals surface area contributed by atoms with Gasteiger partial charge in [-0.2, -0.15) is 10.1 Å². The van der Waals surface area contributed by atoms with Gasteiger partial charge in [0.15, 0.2) is 11.5 Å². The Morgan fingerprint density at radius 3 is 2.55 bits per heavy atom. The van der Waals surface area contributed by atoms with Crippen molar-refractivity contribution < 1.29 is 14.3 Å². The molecule has 0 spiro atoms. The number of aromatic nitrogens is 3. The fraction of sp³-hybridized carbons (Fsp3) is 0.400. The average Bonchev–Trinajstić information content (AvgIpc) is 3.04. The summed E-state index contributed by atoms with van der Waals surface area (Å²) in [5.74, 6) is 1.22. The minimum Gasteiger partial charge on any atom is -0.490 e. The van der Waals surface area contributed by atoms with E-state index in [9.17, 15) is 4.79 Å². The summed E-state index contributed by atoms with van der Waals surface area (Å²) in [6.07, 6.45) is 3.11. The highest BCUT2D eigenvalue weighted by Crippen LogP contribution is 2.29. The van der Waals surface area contributed by atoms with Crippen LogP contribution in [0.5, 0.6) is 11.5 Å². The highest BCUT2D eigenvalue weighted by Gasteiger charge is 2.13. The fourth-order valence-corrected chi connectivity index (χ4v) is 1.75. The van der Waals surface area contributed by atoms with Gasteiger partial charge in [0.05, 0.1) is 13.2 Å². The standard InChI is InChI=1S/C15H20N4O3/c1-3-7-21-12-6-5-11(9-13(12)22-8-4-2)14(20)18-15-16-10-17-19-15/h5-6,9-10H,3-4,7-8H2,1-2H3,(H2,16,17,18,19,20). The number of hydrogen-bond donors (Lipinski definition) is 2. The first-order valence-corrected chi connectivity index (χ1v) is 7.31. The predicted octanol–water partition coefficient (Wildman–Crippen LogP) is 2.63. The third-order valence-electron chi connectivity index (χ3n) is 2.78. The van der Waals surface area contributed by atoms with E-state index in [4.69, 9.17) is 9.47 Å². The zero-order chi connectivity index (χ0) is 15.8. The second kappa shape index (κ2) is 8.02. The van der Waals surface area contributed by atoms with Crippen LogP contribution in [0.4, 0.5) is 5.95 Å². The molecule has 0 aliphatic rings. The molecule has 0 unspecified atom stereocenters. The van der Waals surface area contributed by atoms with Crippen LogP contribution in [-0.2, 0) is 0 Å². The molecule has 1 amide bonds. The van der Waals surface area contributed by atoms with Crippen LogP contribution in [0.2, 0.25) is 0 Å². The van der Waals surface area contributed by atoms with Gasteiger partial charge in [0, 0.05) is 5.56 Å². The van der Waals surface area contributed by atoms with Gasteiger partial charge in [-0.25, -0.2) is 5.10 Å². The monoisotopic (exact) mass is 304 g/mol. The van der Waals surface area contributed by atoms with Gasteiger partial charge < -0.3 is 9.47 Å². The van der Waals surface area contributed by atoms with E-state index in [0.717, 1.165) is 12.8 Å². The number of H-pyrrole nitrogens is 1. The number of aromatic amines is 1. The molecule has 7 heteroatoms. The van der Waals surface area contributed by atoms with Crippen LogP contribution in [0.1, 0.15) is 37.0 Å². The summed E-state index contributed by atoms with van der Waals surface area (Å²) in [6, 6.07) is 5.11. The Labute approximate surface area is 129 Å². The van der Waals surface area contributed by atoms with Crippen molar-refractivity contribution in [3.63, 3.8) is 0 Å². The number of ether oxygens (including phenoxy) is 2. The molecule has 1 aromatic heterocycles. The molecule has 0 saturated carbocycles. The Bertz CT molecular complexity index is 599. The summed E-state index contributed by atoms with van der Waals surface area (Å²) in [6.45, 7) is 5.22. The number of hydrogen-bond acceptors (Lipinski definition) is 5. The van der Waals surface area contributed by atoms with Gasteiger partial charge >= 0.3 is 0 Å². The van der Waals surface area contributed by atoms with Crippen molar-refractivity contribution in [1.29, 1.82) is 0 Å². The largest absolute Gasteiger partial charge is 0.490 e. The molecule has 118 valence electrons. The maximum atomic E-state index is 12.2. The van der Waals surface area contributed by atoms with Crippen LogP contribution >= 0.6 is 0 Å². The van der Waals surface area contributed by atoms with Crippen LogP contribution in [0.25, 0.3) is 0 Å². The third kappa shape index (κ3) is 4.21. The van der Waals surface area contributed by atoms with Crippen LogP contribution < -0.4 is 14.8 Å². The minimum absolute atomic E-state index is 0.292. The summed E-state index contributed by atoms with van der Waals surface area (Å²) in [4.78, 5) is 16.0. The normalized spacial score (nSPS) is 10.3. The molecular formula is C15H20N4O3. The molecule has 0 saturated heterocycles. The van der Waals surface area contributed by atoms with Crippen LogP contribution in [-0.4, -0.2) is 34.3 Å². The summed E-state index contributed by atoms with van der Waals surface area (Å²) >= 11 is 0. The Morgan fingerprint density at radius 2 is 1.91 bits per heavy atom. The lowest BCUT2D eigenvalue weighted by Gasteiger charge is -2.13. The summed E-state index contributed by atoms with van der Waals surface area (Å²) in [7, 11) is 0. The molecule has 0 atom stereocenters. The molecule has 1 aromatic carbocycles. The van der Waals surface area contributed by atoms with E-state index in [2.05, 4.69) is 20.5 Å². The highest BCUT2D eigenvalue weighted by molar-refractivity contribution is 6.03. The fourth-order valence-electron chi connectivity index (χ4n) is 1.75. The van der Waals surface area contributed by atoms with Gasteiger partial charge in [0.1, 0.15) is 6.33 Å². The van der Waals surface area contributed by atoms with Crippen molar-refractivity contribution in [2.75, 3.05) is 18.5 Å². The molecular weight excluding hydrogens is 284 g/mol. The molecule has 2 N–H and O–H groups in total. The maximum absolute atomic E-state index is 12.2. The van der Waals surface area contributed by atoms with E-state index in [1.807, 2.05) is 13.8 Å². The van der Waals surface area contributed by atoms with E-state index in [1.165, 1.54) is 6.33 Å². The quantitative estimate of drug-likeness (QED) is 0.782. The zero-order valence-electron chi connectivity index (χ0n) is 12.8. The Hall–Kier alpha value is -2.57. The topological polar surface area (TPSA) is 89.1 Å². The Balaban J connectivity index is 2.15. The molecule has 7 nitrogen and oxygen atoms in total. The van der Waals surface area contributed by atoms with Crippen molar-refractivity contribution in [3.05, 3.63) is 30.1 Å². The lowest BCUT2D eigenvalue weighted by atomic mass is 10.2. The second-order valence-corrected chi connectivity index (χ2v) is 4.65. The summed E-state index contributed by atoms with van der Waals surface area (Å²) in [5, 5.41) is 8.88. The number of benzene rings is 1. The molecule has 0 aliphatic carbocycles. The number of carbonyl (C=O) groups is 1. The van der Waals surface area contributed by atoms with Crippen molar-refractivity contribution in [3.8, 4) is 11.5 Å². The van der Waals surface area contributed by atoms with Gasteiger partial charge in [-0.15, -0.1) is 0 Å². The van der Waals surface area contributed by atoms with Crippen molar-refractivity contribution in [2.24, 2.45) is 0 Å². The summed E-state index contributed by atoms with van der Waals surface area (Å²) in [5.41, 5.74) is 0.464. The smallest absolute Gasteiger partial charge is 0.258 e. The van der Waals surface area contributed by atoms with Gasteiger partial charge in [-0.05, 0) is 31.0 Å². The predicted molar refractivity (Wildman–Crippen MR) is 82.3 cm³/mol. The molecule has 2 aromatic rings. The molecule has 0 radical (unpaired) electrons. The minimum atomic E-state index is -0.292. The third-order valence-corrected chi connectivity index (χ3v) is 2.78. The van der Waals surface area contributed by atoms with E-state index < -0.39 is 0 Å². The average molecular weight is 304 g/mol. The van der Waals surface area contributed by atoms with Crippen LogP contribution in [0.3, 0.4) is 0 Å². The number of nitrogens with one attached hydrogen (secondary N) is 2.